The number of hydrogen-bond acceptors (Lipinski definition) is 2. The Kier molecular flexibility index (Phi) is 3.83. The molecule has 2 nitrogen and oxygen atoms in total. The minimum absolute atomic E-state index is 0.167. The molecule has 0 saturated heterocycles. The zero-order chi connectivity index (χ0) is 6.57. The van der Waals surface area contributed by atoms with Crippen LogP contribution < -0.4 is 5.73 Å². The third-order valence-electron chi connectivity index (χ3n) is 1.49. The van der Waals surface area contributed by atoms with E-state index < -0.39 is 0 Å². The van der Waals surface area contributed by atoms with Gasteiger partial charge in [0.05, 0.1) is 0 Å². The van der Waals surface area contributed by atoms with Crippen LogP contribution in [-0.2, 0) is 0 Å². The predicted octanol–water partition coefficient (Wildman–Crippen LogP) is 0.352. The van der Waals surface area contributed by atoms with Crippen molar-refractivity contribution in [2.24, 2.45) is 11.7 Å². The maximum absolute atomic E-state index is 8.56. The van der Waals surface area contributed by atoms with Crippen LogP contribution in [0, 0.1) is 5.92 Å². The molecule has 0 radical (unpaired) electrons. The molecular weight excluding hydrogens is 102 g/mol. The van der Waals surface area contributed by atoms with Gasteiger partial charge in [-0.15, -0.1) is 0 Å². The van der Waals surface area contributed by atoms with E-state index >= 15 is 0 Å². The molecule has 50 valence electrons. The molecular formula is C6H15NO. The van der Waals surface area contributed by atoms with E-state index in [1.807, 2.05) is 13.8 Å². The first-order chi connectivity index (χ1) is 3.72. The van der Waals surface area contributed by atoms with Crippen molar-refractivity contribution >= 4 is 0 Å². The lowest BCUT2D eigenvalue weighted by atomic mass is 10.0. The molecule has 0 amide bonds. The Morgan fingerprint density at radius 2 is 2.12 bits per heavy atom. The maximum Gasteiger partial charge on any atom is 0.0471 e. The van der Waals surface area contributed by atoms with Crippen LogP contribution in [0.25, 0.3) is 0 Å². The number of aliphatic hydroxyl groups excluding tert-OH is 1. The van der Waals surface area contributed by atoms with E-state index in [0.29, 0.717) is 0 Å². The summed E-state index contributed by atoms with van der Waals surface area (Å²) in [6.07, 6.45) is 0.946. The molecule has 2 heteroatoms. The smallest absolute Gasteiger partial charge is 0.0471 e. The molecule has 0 aromatic carbocycles. The fraction of sp³-hybridized carbons (Fsp3) is 1.00. The number of rotatable bonds is 3. The van der Waals surface area contributed by atoms with Gasteiger partial charge in [0, 0.05) is 12.6 Å². The van der Waals surface area contributed by atoms with Crippen LogP contribution in [0.15, 0.2) is 0 Å². The zero-order valence-corrected chi connectivity index (χ0v) is 5.59. The van der Waals surface area contributed by atoms with Crippen molar-refractivity contribution in [1.29, 1.82) is 0 Å². The van der Waals surface area contributed by atoms with E-state index in [9.17, 15) is 0 Å². The Bertz CT molecular complexity index is 48.5. The first kappa shape index (κ1) is 7.92. The lowest BCUT2D eigenvalue weighted by Gasteiger charge is -2.14. The number of hydrogen-bond donors (Lipinski definition) is 2. The van der Waals surface area contributed by atoms with Gasteiger partial charge in [0.15, 0.2) is 0 Å². The lowest BCUT2D eigenvalue weighted by molar-refractivity contribution is 0.214. The van der Waals surface area contributed by atoms with Crippen molar-refractivity contribution in [1.82, 2.24) is 0 Å². The molecule has 0 spiro atoms. The van der Waals surface area contributed by atoms with Crippen LogP contribution in [0.4, 0.5) is 0 Å². The molecule has 0 saturated carbocycles. The van der Waals surface area contributed by atoms with E-state index in [1.165, 1.54) is 0 Å². The van der Waals surface area contributed by atoms with E-state index in [4.69, 9.17) is 10.8 Å². The van der Waals surface area contributed by atoms with Gasteiger partial charge in [-0.2, -0.15) is 0 Å². The summed E-state index contributed by atoms with van der Waals surface area (Å²) in [5.74, 6) is 0.250. The second kappa shape index (κ2) is 3.87. The largest absolute Gasteiger partial charge is 0.396 e. The van der Waals surface area contributed by atoms with Crippen LogP contribution in [0.3, 0.4) is 0 Å². The van der Waals surface area contributed by atoms with Crippen LogP contribution in [-0.4, -0.2) is 17.8 Å². The van der Waals surface area contributed by atoms with Gasteiger partial charge in [-0.1, -0.05) is 13.8 Å². The van der Waals surface area contributed by atoms with Crippen molar-refractivity contribution in [2.45, 2.75) is 26.3 Å². The fourth-order valence-electron chi connectivity index (χ4n) is 0.538. The highest BCUT2D eigenvalue weighted by Gasteiger charge is 2.07. The Balaban J connectivity index is 3.29. The molecule has 0 aliphatic rings. The number of aliphatic hydroxyl groups is 1. The molecule has 0 rings (SSSR count). The van der Waals surface area contributed by atoms with Crippen molar-refractivity contribution in [3.8, 4) is 0 Å². The average Bonchev–Trinajstić information content (AvgIpc) is 1.84. The van der Waals surface area contributed by atoms with Crippen molar-refractivity contribution < 1.29 is 5.11 Å². The molecule has 0 bridgehead atoms. The van der Waals surface area contributed by atoms with Crippen LogP contribution in [0.1, 0.15) is 20.3 Å². The maximum atomic E-state index is 8.56. The van der Waals surface area contributed by atoms with Crippen molar-refractivity contribution in [3.63, 3.8) is 0 Å². The summed E-state index contributed by atoms with van der Waals surface area (Å²) in [6.45, 7) is 4.18. The Hall–Kier alpha value is -0.0800. The van der Waals surface area contributed by atoms with Gasteiger partial charge in [-0.25, -0.2) is 0 Å². The Labute approximate surface area is 50.7 Å². The molecule has 0 aromatic rings. The molecule has 0 fully saturated rings. The first-order valence-electron chi connectivity index (χ1n) is 3.08. The first-order valence-corrected chi connectivity index (χ1v) is 3.08. The highest BCUT2D eigenvalue weighted by molar-refractivity contribution is 4.64. The standard InChI is InChI=1S/C6H15NO/c1-3-6(7)5(2)4-8/h5-6,8H,3-4,7H2,1-2H3. The zero-order valence-electron chi connectivity index (χ0n) is 5.59. The monoisotopic (exact) mass is 117 g/mol. The van der Waals surface area contributed by atoms with Gasteiger partial charge < -0.3 is 10.8 Å². The minimum Gasteiger partial charge on any atom is -0.396 e. The average molecular weight is 117 g/mol. The second-order valence-corrected chi connectivity index (χ2v) is 2.23. The second-order valence-electron chi connectivity index (χ2n) is 2.23. The molecule has 0 aromatic heterocycles. The van der Waals surface area contributed by atoms with Gasteiger partial charge in [0.1, 0.15) is 0 Å². The SMILES string of the molecule is CCC(N)C(C)CO. The van der Waals surface area contributed by atoms with Crippen LogP contribution in [0.2, 0.25) is 0 Å². The normalized spacial score (nSPS) is 18.0. The lowest BCUT2D eigenvalue weighted by Crippen LogP contribution is -2.29. The third-order valence-corrected chi connectivity index (χ3v) is 1.49. The fourth-order valence-corrected chi connectivity index (χ4v) is 0.538. The van der Waals surface area contributed by atoms with E-state index in [-0.39, 0.29) is 18.6 Å². The Morgan fingerprint density at radius 3 is 2.25 bits per heavy atom. The van der Waals surface area contributed by atoms with Crippen molar-refractivity contribution in [2.75, 3.05) is 6.61 Å². The summed E-state index contributed by atoms with van der Waals surface area (Å²) >= 11 is 0. The summed E-state index contributed by atoms with van der Waals surface area (Å²) < 4.78 is 0. The third kappa shape index (κ3) is 2.28. The topological polar surface area (TPSA) is 46.2 Å². The van der Waals surface area contributed by atoms with Crippen LogP contribution in [0.5, 0.6) is 0 Å². The number of nitrogens with two attached hydrogens (primary N) is 1. The minimum atomic E-state index is 0.167. The summed E-state index contributed by atoms with van der Waals surface area (Å²) in [4.78, 5) is 0. The van der Waals surface area contributed by atoms with Gasteiger partial charge >= 0.3 is 0 Å². The van der Waals surface area contributed by atoms with Crippen LogP contribution >= 0.6 is 0 Å². The van der Waals surface area contributed by atoms with Gasteiger partial charge in [0.2, 0.25) is 0 Å². The summed E-state index contributed by atoms with van der Waals surface area (Å²) in [5, 5.41) is 8.56. The predicted molar refractivity (Wildman–Crippen MR) is 34.5 cm³/mol. The van der Waals surface area contributed by atoms with E-state index in [0.717, 1.165) is 6.42 Å². The molecule has 8 heavy (non-hydrogen) atoms. The molecule has 0 heterocycles. The van der Waals surface area contributed by atoms with Crippen molar-refractivity contribution in [3.05, 3.63) is 0 Å². The molecule has 3 N–H and O–H groups in total. The summed E-state index contributed by atoms with van der Waals surface area (Å²) in [7, 11) is 0. The van der Waals surface area contributed by atoms with Gasteiger partial charge in [-0.3, -0.25) is 0 Å². The molecule has 2 atom stereocenters. The molecule has 0 aliphatic carbocycles. The van der Waals surface area contributed by atoms with E-state index in [2.05, 4.69) is 0 Å². The molecule has 0 aliphatic heterocycles. The molecule has 2 unspecified atom stereocenters. The van der Waals surface area contributed by atoms with Gasteiger partial charge in [-0.05, 0) is 12.3 Å². The summed E-state index contributed by atoms with van der Waals surface area (Å²) in [5.41, 5.74) is 5.57. The quantitative estimate of drug-likeness (QED) is 0.560. The Morgan fingerprint density at radius 1 is 1.62 bits per heavy atom. The van der Waals surface area contributed by atoms with Gasteiger partial charge in [0.25, 0.3) is 0 Å². The van der Waals surface area contributed by atoms with E-state index in [1.54, 1.807) is 0 Å². The highest BCUT2D eigenvalue weighted by Crippen LogP contribution is 2.00. The highest BCUT2D eigenvalue weighted by atomic mass is 16.3. The summed E-state index contributed by atoms with van der Waals surface area (Å²) in [6, 6.07) is 0.167.